The van der Waals surface area contributed by atoms with Crippen LogP contribution in [0, 0.1) is 0 Å². The number of nitrogens with zero attached hydrogens (tertiary/aromatic N) is 2. The van der Waals surface area contributed by atoms with Crippen LogP contribution in [0.25, 0.3) is 11.3 Å². The Kier molecular flexibility index (Phi) is 7.82. The average molecular weight is 529 g/mol. The number of benzene rings is 2. The van der Waals surface area contributed by atoms with Gasteiger partial charge in [0.1, 0.15) is 11.6 Å². The predicted molar refractivity (Wildman–Crippen MR) is 126 cm³/mol. The molecule has 0 amide bonds. The maximum absolute atomic E-state index is 12.8. The summed E-state index contributed by atoms with van der Waals surface area (Å²) in [4.78, 5) is 8.95. The van der Waals surface area contributed by atoms with E-state index in [-0.39, 0.29) is 34.5 Å². The molecule has 1 aliphatic carbocycles. The van der Waals surface area contributed by atoms with Crippen molar-refractivity contribution < 1.29 is 31.1 Å². The van der Waals surface area contributed by atoms with E-state index in [4.69, 9.17) is 0 Å². The summed E-state index contributed by atoms with van der Waals surface area (Å²) in [6, 6.07) is 12.8. The van der Waals surface area contributed by atoms with Crippen molar-refractivity contribution in [1.29, 1.82) is 0 Å². The first-order valence-electron chi connectivity index (χ1n) is 11.2. The summed E-state index contributed by atoms with van der Waals surface area (Å²) < 4.78 is 80.5. The van der Waals surface area contributed by atoms with E-state index in [1.807, 2.05) is 0 Å². The molecule has 192 valence electrons. The lowest BCUT2D eigenvalue weighted by Crippen LogP contribution is -2.23. The summed E-state index contributed by atoms with van der Waals surface area (Å²) in [7, 11) is 0. The summed E-state index contributed by atoms with van der Waals surface area (Å²) in [5.41, 5.74) is -3.39. The Morgan fingerprint density at radius 2 is 1.61 bits per heavy atom. The molecule has 0 aliphatic heterocycles. The molecule has 0 spiro atoms. The minimum Gasteiger partial charge on any atom is -0.406 e. The number of hydrogen-bond acceptors (Lipinski definition) is 6. The monoisotopic (exact) mass is 528 g/mol. The van der Waals surface area contributed by atoms with Gasteiger partial charge in [-0.2, -0.15) is 18.2 Å². The minimum absolute atomic E-state index is 0.000616. The second-order valence-electron chi connectivity index (χ2n) is 8.22. The smallest absolute Gasteiger partial charge is 0.406 e. The zero-order valence-corrected chi connectivity index (χ0v) is 19.6. The molecule has 0 atom stereocenters. The van der Waals surface area contributed by atoms with Crippen molar-refractivity contribution in [2.75, 3.05) is 10.6 Å². The largest absolute Gasteiger partial charge is 0.573 e. The number of nitrogens with one attached hydrogen (secondary N) is 2. The highest BCUT2D eigenvalue weighted by Gasteiger charge is 2.31. The molecular formula is C24H22F6N4OS. The van der Waals surface area contributed by atoms with Crippen LogP contribution in [0.1, 0.15) is 32.1 Å². The van der Waals surface area contributed by atoms with Crippen molar-refractivity contribution in [2.24, 2.45) is 0 Å². The van der Waals surface area contributed by atoms with E-state index in [0.717, 1.165) is 32.1 Å². The number of anilines is 3. The maximum atomic E-state index is 12.8. The van der Waals surface area contributed by atoms with E-state index in [1.165, 1.54) is 42.5 Å². The summed E-state index contributed by atoms with van der Waals surface area (Å²) in [5, 5.41) is 6.27. The van der Waals surface area contributed by atoms with Crippen molar-refractivity contribution in [3.8, 4) is 17.0 Å². The maximum Gasteiger partial charge on any atom is 0.573 e. The van der Waals surface area contributed by atoms with Gasteiger partial charge in [-0.05, 0) is 54.9 Å². The molecule has 0 unspecified atom stereocenters. The van der Waals surface area contributed by atoms with Crippen LogP contribution in [0.15, 0.2) is 59.5 Å². The molecule has 12 heteroatoms. The second-order valence-corrected chi connectivity index (χ2v) is 9.36. The molecule has 1 fully saturated rings. The summed E-state index contributed by atoms with van der Waals surface area (Å²) in [6.45, 7) is 0. The molecule has 2 N–H and O–H groups in total. The highest BCUT2D eigenvalue weighted by Crippen LogP contribution is 2.38. The third-order valence-electron chi connectivity index (χ3n) is 5.37. The van der Waals surface area contributed by atoms with Crippen LogP contribution < -0.4 is 15.4 Å². The van der Waals surface area contributed by atoms with E-state index in [1.54, 1.807) is 12.1 Å². The first-order chi connectivity index (χ1) is 17.0. The van der Waals surface area contributed by atoms with Gasteiger partial charge < -0.3 is 15.4 Å². The van der Waals surface area contributed by atoms with Crippen LogP contribution >= 0.6 is 11.8 Å². The van der Waals surface area contributed by atoms with Gasteiger partial charge in [-0.1, -0.05) is 37.5 Å². The molecule has 0 bridgehead atoms. The van der Waals surface area contributed by atoms with E-state index in [9.17, 15) is 26.3 Å². The van der Waals surface area contributed by atoms with Crippen LogP contribution in [-0.4, -0.2) is 27.9 Å². The fraction of sp³-hybridized carbons (Fsp3) is 0.333. The van der Waals surface area contributed by atoms with Gasteiger partial charge >= 0.3 is 11.9 Å². The third kappa shape index (κ3) is 7.94. The van der Waals surface area contributed by atoms with Gasteiger partial charge in [0, 0.05) is 28.3 Å². The van der Waals surface area contributed by atoms with E-state index >= 15 is 0 Å². The van der Waals surface area contributed by atoms with Gasteiger partial charge in [-0.15, -0.1) is 13.2 Å². The Morgan fingerprint density at radius 3 is 2.33 bits per heavy atom. The highest BCUT2D eigenvalue weighted by atomic mass is 32.2. The molecule has 5 nitrogen and oxygen atoms in total. The molecule has 36 heavy (non-hydrogen) atoms. The van der Waals surface area contributed by atoms with E-state index < -0.39 is 17.6 Å². The fourth-order valence-corrected chi connectivity index (χ4v) is 4.52. The molecule has 1 aromatic heterocycles. The summed E-state index contributed by atoms with van der Waals surface area (Å²) in [6.07, 6.45) is 0.282. The van der Waals surface area contributed by atoms with Gasteiger partial charge in [0.05, 0.1) is 5.69 Å². The van der Waals surface area contributed by atoms with Crippen molar-refractivity contribution in [3.63, 3.8) is 0 Å². The molecule has 0 radical (unpaired) electrons. The molecule has 1 heterocycles. The van der Waals surface area contributed by atoms with Crippen molar-refractivity contribution in [2.45, 2.75) is 54.9 Å². The number of rotatable bonds is 7. The molecular weight excluding hydrogens is 506 g/mol. The quantitative estimate of drug-likeness (QED) is 0.238. The first kappa shape index (κ1) is 25.9. The number of ether oxygens (including phenoxy) is 1. The molecule has 4 rings (SSSR count). The Hall–Kier alpha value is -3.15. The van der Waals surface area contributed by atoms with Gasteiger partial charge in [0.25, 0.3) is 0 Å². The van der Waals surface area contributed by atoms with Crippen LogP contribution in [0.3, 0.4) is 0 Å². The lowest BCUT2D eigenvalue weighted by Gasteiger charge is -2.23. The number of aromatic nitrogens is 2. The van der Waals surface area contributed by atoms with Crippen LogP contribution in [0.2, 0.25) is 0 Å². The zero-order chi connectivity index (χ0) is 25.8. The van der Waals surface area contributed by atoms with Gasteiger partial charge in [-0.25, -0.2) is 4.98 Å². The van der Waals surface area contributed by atoms with Gasteiger partial charge in [0.15, 0.2) is 0 Å². The number of halogens is 6. The van der Waals surface area contributed by atoms with Crippen molar-refractivity contribution in [1.82, 2.24) is 9.97 Å². The average Bonchev–Trinajstić information content (AvgIpc) is 2.78. The summed E-state index contributed by atoms with van der Waals surface area (Å²) in [5.74, 6) is 0.145. The molecule has 3 aromatic rings. The van der Waals surface area contributed by atoms with Gasteiger partial charge in [0.2, 0.25) is 5.95 Å². The van der Waals surface area contributed by atoms with E-state index in [0.29, 0.717) is 16.9 Å². The standard InChI is InChI=1S/C24H22F6N4OS/c25-23(26,27)35-18-10-4-6-15(12-18)20-14-21(34-22(33-20)32-16-7-2-1-3-8-16)31-17-9-5-11-19(13-17)36-24(28,29)30/h4-6,9-14,16H,1-3,7-8H2,(H2,31,32,33,34). The lowest BCUT2D eigenvalue weighted by molar-refractivity contribution is -0.274. The second kappa shape index (κ2) is 10.9. The normalized spacial score (nSPS) is 14.9. The zero-order valence-electron chi connectivity index (χ0n) is 18.8. The SMILES string of the molecule is FC(F)(F)Oc1cccc(-c2cc(Nc3cccc(SC(F)(F)F)c3)nc(NC3CCCCC3)n2)c1. The predicted octanol–water partition coefficient (Wildman–Crippen LogP) is 8.14. The molecule has 0 saturated heterocycles. The number of hydrogen-bond donors (Lipinski definition) is 2. The Morgan fingerprint density at radius 1 is 0.861 bits per heavy atom. The van der Waals surface area contributed by atoms with Crippen LogP contribution in [0.4, 0.5) is 43.8 Å². The van der Waals surface area contributed by atoms with Crippen LogP contribution in [-0.2, 0) is 0 Å². The molecule has 1 saturated carbocycles. The summed E-state index contributed by atoms with van der Waals surface area (Å²) >= 11 is -0.233. The first-order valence-corrected chi connectivity index (χ1v) is 12.0. The van der Waals surface area contributed by atoms with E-state index in [2.05, 4.69) is 25.3 Å². The fourth-order valence-electron chi connectivity index (χ4n) is 3.92. The van der Waals surface area contributed by atoms with Crippen molar-refractivity contribution in [3.05, 3.63) is 54.6 Å². The van der Waals surface area contributed by atoms with Crippen LogP contribution in [0.5, 0.6) is 5.75 Å². The molecule has 1 aliphatic rings. The third-order valence-corrected chi connectivity index (χ3v) is 6.09. The topological polar surface area (TPSA) is 59.1 Å². The lowest BCUT2D eigenvalue weighted by atomic mass is 9.96. The Labute approximate surface area is 207 Å². The van der Waals surface area contributed by atoms with Gasteiger partial charge in [-0.3, -0.25) is 0 Å². The van der Waals surface area contributed by atoms with Crippen molar-refractivity contribution >= 4 is 29.2 Å². The number of alkyl halides is 6. The Bertz CT molecular complexity index is 1180. The number of thioether (sulfide) groups is 1. The Balaban J connectivity index is 1.65. The molecule has 2 aromatic carbocycles. The highest BCUT2D eigenvalue weighted by molar-refractivity contribution is 8.00. The minimum atomic E-state index is -4.84.